The Hall–Kier alpha value is -2.49. The predicted octanol–water partition coefficient (Wildman–Crippen LogP) is -3.32. The molecule has 2 aromatic rings. The lowest BCUT2D eigenvalue weighted by atomic mass is 9.97. The fourth-order valence-electron chi connectivity index (χ4n) is 5.36. The Morgan fingerprint density at radius 2 is 1.31 bits per heavy atom. The van der Waals surface area contributed by atoms with E-state index in [0.717, 1.165) is 0 Å². The van der Waals surface area contributed by atoms with Gasteiger partial charge >= 0.3 is 5.63 Å². The third-order valence-electron chi connectivity index (χ3n) is 8.13. The van der Waals surface area contributed by atoms with Gasteiger partial charge in [-0.15, -0.1) is 0 Å². The van der Waals surface area contributed by atoms with Gasteiger partial charge in [-0.05, 0) is 26.0 Å². The zero-order chi connectivity index (χ0) is 32.7. The molecule has 3 aliphatic heterocycles. The molecule has 1 aromatic carbocycles. The number of benzene rings is 1. The van der Waals surface area contributed by atoms with Crippen molar-refractivity contribution >= 4 is 11.0 Å². The van der Waals surface area contributed by atoms with E-state index in [1.54, 1.807) is 0 Å². The molecule has 3 aliphatic rings. The largest absolute Gasteiger partial charge is 0.493 e. The summed E-state index contributed by atoms with van der Waals surface area (Å²) in [6, 6.07) is 5.56. The van der Waals surface area contributed by atoms with E-state index in [1.165, 1.54) is 45.2 Å². The van der Waals surface area contributed by atoms with Crippen molar-refractivity contribution in [2.75, 3.05) is 13.7 Å². The van der Waals surface area contributed by atoms with Crippen LogP contribution in [0.3, 0.4) is 0 Å². The van der Waals surface area contributed by atoms with Gasteiger partial charge in [-0.25, -0.2) is 4.79 Å². The van der Waals surface area contributed by atoms with Crippen LogP contribution in [0.2, 0.25) is 0 Å². The van der Waals surface area contributed by atoms with Gasteiger partial charge in [0, 0.05) is 17.5 Å². The third-order valence-corrected chi connectivity index (χ3v) is 8.13. The van der Waals surface area contributed by atoms with Gasteiger partial charge in [0.2, 0.25) is 6.29 Å². The second kappa shape index (κ2) is 13.7. The van der Waals surface area contributed by atoms with E-state index in [-0.39, 0.29) is 17.1 Å². The molecule has 5 rings (SSSR count). The van der Waals surface area contributed by atoms with Crippen molar-refractivity contribution in [1.29, 1.82) is 0 Å². The smallest absolute Gasteiger partial charge is 0.336 e. The number of hydrogen-bond donors (Lipinski definition) is 8. The molecule has 0 aliphatic carbocycles. The summed E-state index contributed by atoms with van der Waals surface area (Å²) < 4.78 is 44.9. The summed E-state index contributed by atoms with van der Waals surface area (Å²) in [5.74, 6) is 0.0978. The highest BCUT2D eigenvalue weighted by Gasteiger charge is 2.52. The number of fused-ring (bicyclic) bond motifs is 1. The fraction of sp³-hybridized carbons (Fsp3) is 0.679. The van der Waals surface area contributed by atoms with Gasteiger partial charge in [-0.3, -0.25) is 0 Å². The summed E-state index contributed by atoms with van der Waals surface area (Å²) in [6.07, 6.45) is -22.7. The molecule has 3 fully saturated rings. The van der Waals surface area contributed by atoms with Gasteiger partial charge in [0.15, 0.2) is 30.2 Å². The SMILES string of the molecule is COc1cc2ccc(=O)oc2cc1O[C@@H]1O[C@@H](CO[C@H]2O[C@H](C)[C@H](O)[C@@H](O)[C@H]2O)[C@@H](O)[C@H](O)[C@H]1O[C@@H]1O[C@@H](C)[C@H](O)[C@@H](O)[C@H]1O. The molecule has 1 aromatic heterocycles. The molecule has 0 amide bonds. The Morgan fingerprint density at radius 3 is 1.96 bits per heavy atom. The van der Waals surface area contributed by atoms with Crippen molar-refractivity contribution in [1.82, 2.24) is 0 Å². The second-order valence-corrected chi connectivity index (χ2v) is 11.2. The first-order valence-corrected chi connectivity index (χ1v) is 14.3. The third kappa shape index (κ3) is 6.82. The summed E-state index contributed by atoms with van der Waals surface area (Å²) in [5, 5.41) is 83.9. The Balaban J connectivity index is 1.42. The van der Waals surface area contributed by atoms with E-state index in [2.05, 4.69) is 0 Å². The van der Waals surface area contributed by atoms with Crippen LogP contribution >= 0.6 is 0 Å². The lowest BCUT2D eigenvalue weighted by molar-refractivity contribution is -0.360. The van der Waals surface area contributed by atoms with Crippen molar-refractivity contribution in [3.05, 3.63) is 34.7 Å². The monoisotopic (exact) mass is 646 g/mol. The number of aliphatic hydroxyl groups is 8. The summed E-state index contributed by atoms with van der Waals surface area (Å²) in [5.41, 5.74) is -0.524. The van der Waals surface area contributed by atoms with Gasteiger partial charge in [-0.2, -0.15) is 0 Å². The number of rotatable bonds is 8. The minimum Gasteiger partial charge on any atom is -0.493 e. The topological polar surface area (TPSA) is 257 Å². The van der Waals surface area contributed by atoms with Crippen LogP contribution in [0.5, 0.6) is 11.5 Å². The number of methoxy groups -OCH3 is 1. The van der Waals surface area contributed by atoms with Crippen LogP contribution in [0.4, 0.5) is 0 Å². The lowest BCUT2D eigenvalue weighted by Crippen LogP contribution is -2.65. The summed E-state index contributed by atoms with van der Waals surface area (Å²) in [6.45, 7) is 2.35. The van der Waals surface area contributed by atoms with Gasteiger partial charge in [-0.1, -0.05) is 0 Å². The van der Waals surface area contributed by atoms with Gasteiger partial charge in [0.1, 0.15) is 60.5 Å². The average Bonchev–Trinajstić information content (AvgIpc) is 3.02. The normalized spacial score (nSPS) is 42.4. The Morgan fingerprint density at radius 1 is 0.689 bits per heavy atom. The van der Waals surface area contributed by atoms with E-state index in [9.17, 15) is 45.6 Å². The zero-order valence-electron chi connectivity index (χ0n) is 24.4. The van der Waals surface area contributed by atoms with Gasteiger partial charge in [0.25, 0.3) is 0 Å². The molecule has 17 heteroatoms. The molecule has 4 heterocycles. The molecule has 17 nitrogen and oxygen atoms in total. The Labute approximate surface area is 255 Å². The second-order valence-electron chi connectivity index (χ2n) is 11.2. The van der Waals surface area contributed by atoms with E-state index in [4.69, 9.17) is 37.6 Å². The number of aliphatic hydroxyl groups excluding tert-OH is 8. The van der Waals surface area contributed by atoms with E-state index in [1.807, 2.05) is 0 Å². The maximum atomic E-state index is 11.8. The van der Waals surface area contributed by atoms with Crippen LogP contribution in [-0.2, 0) is 23.7 Å². The molecule has 45 heavy (non-hydrogen) atoms. The van der Waals surface area contributed by atoms with Crippen molar-refractivity contribution in [2.45, 2.75) is 106 Å². The van der Waals surface area contributed by atoms with Crippen LogP contribution < -0.4 is 15.1 Å². The minimum absolute atomic E-state index is 0.0490. The van der Waals surface area contributed by atoms with Crippen molar-refractivity contribution < 1.29 is 78.4 Å². The molecule has 0 spiro atoms. The molecule has 3 saturated heterocycles. The minimum atomic E-state index is -1.82. The molecule has 0 radical (unpaired) electrons. The van der Waals surface area contributed by atoms with Crippen molar-refractivity contribution in [2.24, 2.45) is 0 Å². The Kier molecular flexibility index (Phi) is 10.3. The lowest BCUT2D eigenvalue weighted by Gasteiger charge is -2.46. The first-order chi connectivity index (χ1) is 21.3. The first kappa shape index (κ1) is 33.9. The maximum Gasteiger partial charge on any atom is 0.336 e. The first-order valence-electron chi connectivity index (χ1n) is 14.3. The number of ether oxygens (including phenoxy) is 7. The van der Waals surface area contributed by atoms with E-state index >= 15 is 0 Å². The maximum absolute atomic E-state index is 11.8. The highest BCUT2D eigenvalue weighted by atomic mass is 16.8. The summed E-state index contributed by atoms with van der Waals surface area (Å²) in [4.78, 5) is 11.8. The molecule has 0 bridgehead atoms. The van der Waals surface area contributed by atoms with Crippen molar-refractivity contribution in [3.8, 4) is 11.5 Å². The van der Waals surface area contributed by atoms with Crippen LogP contribution in [0.25, 0.3) is 11.0 Å². The highest BCUT2D eigenvalue weighted by Crippen LogP contribution is 2.36. The molecule has 0 saturated carbocycles. The molecule has 8 N–H and O–H groups in total. The van der Waals surface area contributed by atoms with E-state index < -0.39 is 104 Å². The number of hydrogen-bond acceptors (Lipinski definition) is 17. The molecule has 15 atom stereocenters. The molecular formula is C28H38O17. The van der Waals surface area contributed by atoms with Crippen LogP contribution in [0, 0.1) is 0 Å². The zero-order valence-corrected chi connectivity index (χ0v) is 24.4. The van der Waals surface area contributed by atoms with Crippen LogP contribution in [0.1, 0.15) is 13.8 Å². The predicted molar refractivity (Wildman–Crippen MR) is 146 cm³/mol. The average molecular weight is 647 g/mol. The Bertz CT molecular complexity index is 1350. The standard InChI is InChI=1S/C28H38O17/c1-9-17(30)20(33)23(36)26(40-9)39-8-15-19(32)22(35)25(45-27-24(37)21(34)18(31)10(2)41-27)28(44-15)43-14-7-12-11(6-13(14)38-3)4-5-16(29)42-12/h4-7,9-10,15,17-28,30-37H,8H2,1-3H3/t9-,10+,15+,17+,18+,19-,20-,21-,22+,23-,24-,25-,26+,27+,28-/m1/s1. The highest BCUT2D eigenvalue weighted by molar-refractivity contribution is 5.80. The molecular weight excluding hydrogens is 608 g/mol. The van der Waals surface area contributed by atoms with Gasteiger partial charge in [0.05, 0.1) is 25.9 Å². The fourth-order valence-corrected chi connectivity index (χ4v) is 5.36. The molecule has 252 valence electrons. The summed E-state index contributed by atoms with van der Waals surface area (Å²) in [7, 11) is 1.35. The quantitative estimate of drug-likeness (QED) is 0.131. The molecule has 0 unspecified atom stereocenters. The van der Waals surface area contributed by atoms with Gasteiger partial charge < -0.3 is 78.4 Å². The summed E-state index contributed by atoms with van der Waals surface area (Å²) >= 11 is 0. The van der Waals surface area contributed by atoms with Crippen LogP contribution in [0.15, 0.2) is 33.5 Å². The van der Waals surface area contributed by atoms with Crippen molar-refractivity contribution in [3.63, 3.8) is 0 Å². The van der Waals surface area contributed by atoms with Crippen LogP contribution in [-0.4, -0.2) is 147 Å². The van der Waals surface area contributed by atoms with E-state index in [0.29, 0.717) is 5.39 Å².